The third kappa shape index (κ3) is 3.59. The van der Waals surface area contributed by atoms with E-state index in [0.29, 0.717) is 6.54 Å². The van der Waals surface area contributed by atoms with E-state index in [2.05, 4.69) is 62.5 Å². The zero-order chi connectivity index (χ0) is 16.1. The highest BCUT2D eigenvalue weighted by Crippen LogP contribution is 2.33. The highest BCUT2D eigenvalue weighted by Gasteiger charge is 2.16. The molecule has 1 nitrogen and oxygen atoms in total. The molecule has 1 N–H and O–H groups in total. The van der Waals surface area contributed by atoms with Gasteiger partial charge < -0.3 is 5.32 Å². The Morgan fingerprint density at radius 1 is 1.41 bits per heavy atom. The Morgan fingerprint density at radius 3 is 2.82 bits per heavy atom. The molecule has 0 aromatic heterocycles. The van der Waals surface area contributed by atoms with E-state index in [1.807, 2.05) is 12.1 Å². The largest absolute Gasteiger partial charge is 0.380 e. The fraction of sp³-hybridized carbons (Fsp3) is 0.238. The number of allylic oxidation sites excluding steroid dienone is 5. The summed E-state index contributed by atoms with van der Waals surface area (Å²) in [5.74, 6) is 3.02. The lowest BCUT2D eigenvalue weighted by molar-refractivity contribution is 0.816. The Bertz CT molecular complexity index is 695. The molecule has 0 saturated carbocycles. The lowest BCUT2D eigenvalue weighted by Crippen LogP contribution is -2.10. The maximum atomic E-state index is 5.65. The second-order valence-electron chi connectivity index (χ2n) is 5.86. The van der Waals surface area contributed by atoms with E-state index in [1.165, 1.54) is 0 Å². The normalized spacial score (nSPS) is 23.0. The van der Waals surface area contributed by atoms with Crippen molar-refractivity contribution in [1.29, 1.82) is 0 Å². The van der Waals surface area contributed by atoms with Crippen molar-refractivity contribution >= 4 is 11.3 Å². The standard InChI is InChI=1S/C21H23N/c1-6-18-14-22-21-10-8-7-9-20(21)17(5)19(13-15(2)3)12-11-16(18)4/h1,7-12,19,22H,2,5,13-14H2,3-4H3/b12-11-,18-16-. The molecule has 0 fully saturated rings. The van der Waals surface area contributed by atoms with E-state index in [1.54, 1.807) is 0 Å². The van der Waals surface area contributed by atoms with Gasteiger partial charge in [-0.05, 0) is 37.5 Å². The minimum atomic E-state index is 0.229. The summed E-state index contributed by atoms with van der Waals surface area (Å²) in [6.07, 6.45) is 10.9. The van der Waals surface area contributed by atoms with E-state index in [9.17, 15) is 0 Å². The quantitative estimate of drug-likeness (QED) is 0.582. The number of nitrogens with one attached hydrogen (secondary N) is 1. The molecule has 1 heterocycles. The third-order valence-electron chi connectivity index (χ3n) is 3.97. The molecular weight excluding hydrogens is 266 g/mol. The molecule has 22 heavy (non-hydrogen) atoms. The summed E-state index contributed by atoms with van der Waals surface area (Å²) in [5.41, 5.74) is 6.59. The maximum absolute atomic E-state index is 5.65. The average molecular weight is 289 g/mol. The second kappa shape index (κ2) is 7.00. The van der Waals surface area contributed by atoms with Crippen molar-refractivity contribution in [2.45, 2.75) is 20.3 Å². The third-order valence-corrected chi connectivity index (χ3v) is 3.97. The van der Waals surface area contributed by atoms with Crippen LogP contribution in [0, 0.1) is 18.3 Å². The van der Waals surface area contributed by atoms with Crippen molar-refractivity contribution in [2.24, 2.45) is 5.92 Å². The van der Waals surface area contributed by atoms with Crippen molar-refractivity contribution in [2.75, 3.05) is 11.9 Å². The van der Waals surface area contributed by atoms with Crippen LogP contribution in [0.25, 0.3) is 5.57 Å². The Morgan fingerprint density at radius 2 is 2.14 bits per heavy atom. The molecular formula is C21H23N. The van der Waals surface area contributed by atoms with Gasteiger partial charge in [-0.25, -0.2) is 0 Å². The predicted molar refractivity (Wildman–Crippen MR) is 97.6 cm³/mol. The van der Waals surface area contributed by atoms with Gasteiger partial charge in [0.2, 0.25) is 0 Å². The van der Waals surface area contributed by atoms with Crippen molar-refractivity contribution in [3.8, 4) is 12.3 Å². The summed E-state index contributed by atoms with van der Waals surface area (Å²) < 4.78 is 0. The summed E-state index contributed by atoms with van der Waals surface area (Å²) in [6, 6.07) is 8.26. The monoisotopic (exact) mass is 289 g/mol. The first-order chi connectivity index (χ1) is 10.5. The molecule has 1 aromatic rings. The van der Waals surface area contributed by atoms with Gasteiger partial charge in [-0.1, -0.05) is 48.4 Å². The molecule has 112 valence electrons. The van der Waals surface area contributed by atoms with Crippen LogP contribution in [0.4, 0.5) is 5.69 Å². The first kappa shape index (κ1) is 15.9. The molecule has 1 atom stereocenters. The molecule has 0 aliphatic carbocycles. The highest BCUT2D eigenvalue weighted by molar-refractivity contribution is 5.77. The maximum Gasteiger partial charge on any atom is 0.0482 e. The Kier molecular flexibility index (Phi) is 5.07. The van der Waals surface area contributed by atoms with E-state index in [-0.39, 0.29) is 5.92 Å². The molecule has 0 spiro atoms. The zero-order valence-corrected chi connectivity index (χ0v) is 13.4. The highest BCUT2D eigenvalue weighted by atomic mass is 14.9. The minimum Gasteiger partial charge on any atom is -0.380 e. The Balaban J connectivity index is 2.53. The van der Waals surface area contributed by atoms with Crippen LogP contribution in [0.2, 0.25) is 0 Å². The van der Waals surface area contributed by atoms with Crippen LogP contribution < -0.4 is 5.32 Å². The van der Waals surface area contributed by atoms with Gasteiger partial charge in [0.15, 0.2) is 0 Å². The summed E-state index contributed by atoms with van der Waals surface area (Å²) in [7, 11) is 0. The number of hydrogen-bond donors (Lipinski definition) is 1. The molecule has 1 aliphatic rings. The number of rotatable bonds is 2. The predicted octanol–water partition coefficient (Wildman–Crippen LogP) is 5.21. The molecule has 0 amide bonds. The molecule has 0 bridgehead atoms. The van der Waals surface area contributed by atoms with Crippen LogP contribution in [0.3, 0.4) is 0 Å². The number of terminal acetylenes is 1. The smallest absolute Gasteiger partial charge is 0.0482 e. The van der Waals surface area contributed by atoms with E-state index >= 15 is 0 Å². The first-order valence-electron chi connectivity index (χ1n) is 7.54. The number of benzene rings is 1. The summed E-state index contributed by atoms with van der Waals surface area (Å²) in [6.45, 7) is 13.2. The van der Waals surface area contributed by atoms with Gasteiger partial charge in [-0.2, -0.15) is 0 Å². The molecule has 2 rings (SSSR count). The minimum absolute atomic E-state index is 0.229. The van der Waals surface area contributed by atoms with Gasteiger partial charge in [0, 0.05) is 29.3 Å². The Labute approximate surface area is 134 Å². The number of para-hydroxylation sites is 1. The first-order valence-corrected chi connectivity index (χ1v) is 7.54. The van der Waals surface area contributed by atoms with Gasteiger partial charge in [-0.3, -0.25) is 0 Å². The molecule has 1 heteroatoms. The lowest BCUT2D eigenvalue weighted by atomic mass is 9.87. The molecule has 1 aliphatic heterocycles. The van der Waals surface area contributed by atoms with Crippen LogP contribution in [0.15, 0.2) is 66.3 Å². The molecule has 1 unspecified atom stereocenters. The SMILES string of the molecule is C#C/C1=C(C)/C=C\C(CC(=C)C)C(=C)c2ccccc2NC1. The number of anilines is 1. The fourth-order valence-electron chi connectivity index (χ4n) is 2.65. The van der Waals surface area contributed by atoms with Gasteiger partial charge in [0.25, 0.3) is 0 Å². The number of hydrogen-bond acceptors (Lipinski definition) is 1. The van der Waals surface area contributed by atoms with Crippen LogP contribution >= 0.6 is 0 Å². The van der Waals surface area contributed by atoms with E-state index in [4.69, 9.17) is 6.42 Å². The zero-order valence-electron chi connectivity index (χ0n) is 13.4. The van der Waals surface area contributed by atoms with Crippen molar-refractivity contribution in [1.82, 2.24) is 0 Å². The van der Waals surface area contributed by atoms with Gasteiger partial charge in [0.1, 0.15) is 0 Å². The van der Waals surface area contributed by atoms with Crippen molar-refractivity contribution in [3.05, 3.63) is 71.9 Å². The van der Waals surface area contributed by atoms with Crippen molar-refractivity contribution in [3.63, 3.8) is 0 Å². The molecule has 0 radical (unpaired) electrons. The van der Waals surface area contributed by atoms with Crippen LogP contribution in [-0.2, 0) is 0 Å². The van der Waals surface area contributed by atoms with Crippen molar-refractivity contribution < 1.29 is 0 Å². The van der Waals surface area contributed by atoms with Gasteiger partial charge >= 0.3 is 0 Å². The number of fused-ring (bicyclic) bond motifs is 1. The topological polar surface area (TPSA) is 12.0 Å². The Hall–Kier alpha value is -2.46. The van der Waals surface area contributed by atoms with Crippen LogP contribution in [-0.4, -0.2) is 6.54 Å². The van der Waals surface area contributed by atoms with E-state index < -0.39 is 0 Å². The molecule has 0 saturated heterocycles. The average Bonchev–Trinajstić information content (AvgIpc) is 2.50. The fourth-order valence-corrected chi connectivity index (χ4v) is 2.65. The summed E-state index contributed by atoms with van der Waals surface area (Å²) in [5, 5.41) is 3.45. The van der Waals surface area contributed by atoms with E-state index in [0.717, 1.165) is 40.0 Å². The van der Waals surface area contributed by atoms with Gasteiger partial charge in [-0.15, -0.1) is 13.0 Å². The van der Waals surface area contributed by atoms with Gasteiger partial charge in [0.05, 0.1) is 0 Å². The van der Waals surface area contributed by atoms with Crippen LogP contribution in [0.1, 0.15) is 25.8 Å². The molecule has 1 aromatic carbocycles. The summed E-state index contributed by atoms with van der Waals surface area (Å²) in [4.78, 5) is 0. The van der Waals surface area contributed by atoms with Crippen LogP contribution in [0.5, 0.6) is 0 Å². The lowest BCUT2D eigenvalue weighted by Gasteiger charge is -2.21. The second-order valence-corrected chi connectivity index (χ2v) is 5.86. The summed E-state index contributed by atoms with van der Waals surface area (Å²) >= 11 is 0.